The third-order valence-electron chi connectivity index (χ3n) is 4.53. The second-order valence-electron chi connectivity index (χ2n) is 6.72. The lowest BCUT2D eigenvalue weighted by Crippen LogP contribution is -2.43. The number of ether oxygens (including phenoxy) is 1. The first-order valence-corrected chi connectivity index (χ1v) is 12.0. The number of hydrogen-bond donors (Lipinski definition) is 1. The van der Waals surface area contributed by atoms with Crippen LogP contribution in [0.1, 0.15) is 24.2 Å². The van der Waals surface area contributed by atoms with Gasteiger partial charge in [0.15, 0.2) is 0 Å². The Hall–Kier alpha value is -1.53. The average molecular weight is 434 g/mol. The normalized spacial score (nSPS) is 16.5. The number of amides is 1. The van der Waals surface area contributed by atoms with E-state index >= 15 is 0 Å². The summed E-state index contributed by atoms with van der Waals surface area (Å²) in [5.74, 6) is -0.664. The van der Waals surface area contributed by atoms with Gasteiger partial charge in [-0.15, -0.1) is 0 Å². The molecule has 1 heterocycles. The Labute approximate surface area is 166 Å². The summed E-state index contributed by atoms with van der Waals surface area (Å²) in [6, 6.07) is 5.36. The summed E-state index contributed by atoms with van der Waals surface area (Å²) in [5, 5.41) is 2.56. The van der Waals surface area contributed by atoms with E-state index in [1.165, 1.54) is 39.9 Å². The van der Waals surface area contributed by atoms with E-state index in [1.807, 2.05) is 0 Å². The molecule has 0 radical (unpaired) electrons. The number of rotatable bonds is 8. The lowest BCUT2D eigenvalue weighted by atomic mass is 10.2. The zero-order chi connectivity index (χ0) is 20.9. The van der Waals surface area contributed by atoms with Gasteiger partial charge in [-0.3, -0.25) is 4.79 Å². The predicted molar refractivity (Wildman–Crippen MR) is 105 cm³/mol. The molecule has 2 rings (SSSR count). The third kappa shape index (κ3) is 5.51. The highest BCUT2D eigenvalue weighted by atomic mass is 32.2. The van der Waals surface area contributed by atoms with E-state index in [0.717, 1.165) is 0 Å². The summed E-state index contributed by atoms with van der Waals surface area (Å²) in [5.41, 5.74) is 0.259. The van der Waals surface area contributed by atoms with Crippen molar-refractivity contribution in [1.82, 2.24) is 13.9 Å². The SMILES string of the molecule is CC(C)N(C)S(=O)(=O)c1ccc(C(=O)NCCS(=O)(=O)N2CCOCC2)cc1. The molecule has 1 aromatic rings. The van der Waals surface area contributed by atoms with Crippen LogP contribution in [0.3, 0.4) is 0 Å². The molecule has 1 aliphatic heterocycles. The molecule has 1 N–H and O–H groups in total. The van der Waals surface area contributed by atoms with Gasteiger partial charge in [0, 0.05) is 38.3 Å². The summed E-state index contributed by atoms with van der Waals surface area (Å²) in [4.78, 5) is 12.3. The fourth-order valence-electron chi connectivity index (χ4n) is 2.57. The number of carbonyl (C=O) groups excluding carboxylic acids is 1. The van der Waals surface area contributed by atoms with Crippen LogP contribution >= 0.6 is 0 Å². The van der Waals surface area contributed by atoms with E-state index in [0.29, 0.717) is 26.3 Å². The monoisotopic (exact) mass is 433 g/mol. The zero-order valence-electron chi connectivity index (χ0n) is 16.3. The van der Waals surface area contributed by atoms with Gasteiger partial charge in [0.25, 0.3) is 5.91 Å². The zero-order valence-corrected chi connectivity index (χ0v) is 17.9. The van der Waals surface area contributed by atoms with Gasteiger partial charge in [-0.1, -0.05) is 0 Å². The lowest BCUT2D eigenvalue weighted by Gasteiger charge is -2.26. The fourth-order valence-corrected chi connectivity index (χ4v) is 5.26. The van der Waals surface area contributed by atoms with Crippen molar-refractivity contribution in [3.05, 3.63) is 29.8 Å². The standard InChI is InChI=1S/C17H27N3O6S2/c1-14(2)19(3)28(24,25)16-6-4-15(5-7-16)17(21)18-8-13-27(22,23)20-9-11-26-12-10-20/h4-7,14H,8-13H2,1-3H3,(H,18,21). The Morgan fingerprint density at radius 2 is 1.71 bits per heavy atom. The topological polar surface area (TPSA) is 113 Å². The minimum absolute atomic E-state index is 0.0331. The van der Waals surface area contributed by atoms with Crippen LogP contribution < -0.4 is 5.32 Å². The van der Waals surface area contributed by atoms with Crippen LogP contribution in [0.4, 0.5) is 0 Å². The van der Waals surface area contributed by atoms with Crippen molar-refractivity contribution >= 4 is 26.0 Å². The van der Waals surface area contributed by atoms with Gasteiger partial charge in [-0.2, -0.15) is 8.61 Å². The van der Waals surface area contributed by atoms with Crippen LogP contribution in [0.2, 0.25) is 0 Å². The molecule has 1 fully saturated rings. The van der Waals surface area contributed by atoms with Gasteiger partial charge in [-0.05, 0) is 38.1 Å². The number of sulfonamides is 2. The highest BCUT2D eigenvalue weighted by molar-refractivity contribution is 7.89. The maximum absolute atomic E-state index is 12.4. The molecule has 0 aromatic heterocycles. The molecule has 28 heavy (non-hydrogen) atoms. The van der Waals surface area contributed by atoms with Crippen LogP contribution in [0.15, 0.2) is 29.2 Å². The number of benzene rings is 1. The minimum Gasteiger partial charge on any atom is -0.379 e. The van der Waals surface area contributed by atoms with Crippen molar-refractivity contribution in [2.75, 3.05) is 45.6 Å². The maximum Gasteiger partial charge on any atom is 0.251 e. The van der Waals surface area contributed by atoms with Gasteiger partial charge in [0.1, 0.15) is 0 Å². The molecule has 0 aliphatic carbocycles. The second-order valence-corrected chi connectivity index (χ2v) is 10.8. The van der Waals surface area contributed by atoms with Crippen LogP contribution in [0.5, 0.6) is 0 Å². The smallest absolute Gasteiger partial charge is 0.251 e. The summed E-state index contributed by atoms with van der Waals surface area (Å²) < 4.78 is 57.1. The number of nitrogens with one attached hydrogen (secondary N) is 1. The Kier molecular flexibility index (Phi) is 7.57. The van der Waals surface area contributed by atoms with Crippen LogP contribution in [0, 0.1) is 0 Å². The van der Waals surface area contributed by atoms with E-state index < -0.39 is 26.0 Å². The first-order chi connectivity index (χ1) is 13.1. The van der Waals surface area contributed by atoms with Crippen molar-refractivity contribution in [3.63, 3.8) is 0 Å². The molecule has 0 spiro atoms. The highest BCUT2D eigenvalue weighted by Crippen LogP contribution is 2.17. The number of hydrogen-bond acceptors (Lipinski definition) is 6. The van der Waals surface area contributed by atoms with Crippen molar-refractivity contribution in [2.45, 2.75) is 24.8 Å². The van der Waals surface area contributed by atoms with E-state index in [-0.39, 0.29) is 28.8 Å². The minimum atomic E-state index is -3.62. The first-order valence-electron chi connectivity index (χ1n) is 8.97. The second kappa shape index (κ2) is 9.31. The fraction of sp³-hybridized carbons (Fsp3) is 0.588. The Morgan fingerprint density at radius 3 is 2.25 bits per heavy atom. The van der Waals surface area contributed by atoms with E-state index in [9.17, 15) is 21.6 Å². The molecular weight excluding hydrogens is 406 g/mol. The highest BCUT2D eigenvalue weighted by Gasteiger charge is 2.25. The number of carbonyl (C=O) groups is 1. The first kappa shape index (κ1) is 22.8. The summed E-state index contributed by atoms with van der Waals surface area (Å²) in [7, 11) is -5.58. The van der Waals surface area contributed by atoms with Gasteiger partial charge >= 0.3 is 0 Å². The van der Waals surface area contributed by atoms with Crippen molar-refractivity contribution in [3.8, 4) is 0 Å². The van der Waals surface area contributed by atoms with Crippen molar-refractivity contribution < 1.29 is 26.4 Å². The van der Waals surface area contributed by atoms with Gasteiger partial charge in [0.2, 0.25) is 20.0 Å². The third-order valence-corrected chi connectivity index (χ3v) is 8.45. The van der Waals surface area contributed by atoms with E-state index in [2.05, 4.69) is 5.32 Å². The largest absolute Gasteiger partial charge is 0.379 e. The van der Waals surface area contributed by atoms with Crippen LogP contribution in [-0.4, -0.2) is 83.0 Å². The van der Waals surface area contributed by atoms with Crippen molar-refractivity contribution in [2.24, 2.45) is 0 Å². The Bertz CT molecular complexity index is 876. The molecule has 158 valence electrons. The Morgan fingerprint density at radius 1 is 1.14 bits per heavy atom. The molecule has 1 amide bonds. The van der Waals surface area contributed by atoms with Gasteiger partial charge < -0.3 is 10.1 Å². The molecule has 9 nitrogen and oxygen atoms in total. The summed E-state index contributed by atoms with van der Waals surface area (Å²) in [6.45, 7) is 4.87. The quantitative estimate of drug-likeness (QED) is 0.622. The number of morpholine rings is 1. The Balaban J connectivity index is 1.94. The molecule has 1 aromatic carbocycles. The molecular formula is C17H27N3O6S2. The van der Waals surface area contributed by atoms with E-state index in [4.69, 9.17) is 4.74 Å². The average Bonchev–Trinajstić information content (AvgIpc) is 2.67. The molecule has 0 atom stereocenters. The lowest BCUT2D eigenvalue weighted by molar-refractivity contribution is 0.0730. The number of nitrogens with zero attached hydrogens (tertiary/aromatic N) is 2. The maximum atomic E-state index is 12.4. The van der Waals surface area contributed by atoms with Gasteiger partial charge in [-0.25, -0.2) is 16.8 Å². The summed E-state index contributed by atoms with van der Waals surface area (Å²) >= 11 is 0. The molecule has 1 saturated heterocycles. The molecule has 0 saturated carbocycles. The van der Waals surface area contributed by atoms with Crippen molar-refractivity contribution in [1.29, 1.82) is 0 Å². The molecule has 0 bridgehead atoms. The molecule has 1 aliphatic rings. The molecule has 11 heteroatoms. The van der Waals surface area contributed by atoms with Gasteiger partial charge in [0.05, 0.1) is 23.9 Å². The predicted octanol–water partition coefficient (Wildman–Crippen LogP) is 0.107. The van der Waals surface area contributed by atoms with Crippen LogP contribution in [0.25, 0.3) is 0 Å². The summed E-state index contributed by atoms with van der Waals surface area (Å²) in [6.07, 6.45) is 0. The van der Waals surface area contributed by atoms with Crippen LogP contribution in [-0.2, 0) is 24.8 Å². The van der Waals surface area contributed by atoms with E-state index in [1.54, 1.807) is 13.8 Å². The molecule has 0 unspecified atom stereocenters.